The van der Waals surface area contributed by atoms with Crippen molar-refractivity contribution in [3.05, 3.63) is 28.6 Å². The van der Waals surface area contributed by atoms with Gasteiger partial charge in [0, 0.05) is 11.4 Å². The molecule has 0 aliphatic heterocycles. The maximum absolute atomic E-state index is 4.58. The molecular formula is C12H19N. The monoisotopic (exact) mass is 177 g/mol. The average molecular weight is 177 g/mol. The second-order valence-corrected chi connectivity index (χ2v) is 3.92. The van der Waals surface area contributed by atoms with Crippen molar-refractivity contribution in [2.45, 2.75) is 47.0 Å². The number of aryl methyl sites for hydroxylation is 2. The minimum atomic E-state index is 0.532. The van der Waals surface area contributed by atoms with Gasteiger partial charge in [0.1, 0.15) is 0 Å². The Balaban J connectivity index is 3.22. The Morgan fingerprint density at radius 2 is 1.92 bits per heavy atom. The smallest absolute Gasteiger partial charge is 0.0435 e. The molecule has 0 saturated carbocycles. The lowest BCUT2D eigenvalue weighted by Crippen LogP contribution is -2.00. The molecule has 1 heterocycles. The van der Waals surface area contributed by atoms with Gasteiger partial charge in [-0.05, 0) is 43.4 Å². The van der Waals surface area contributed by atoms with E-state index in [2.05, 4.69) is 45.7 Å². The molecule has 1 aromatic heterocycles. The Morgan fingerprint density at radius 3 is 2.38 bits per heavy atom. The summed E-state index contributed by atoms with van der Waals surface area (Å²) in [7, 11) is 0. The quantitative estimate of drug-likeness (QED) is 0.674. The van der Waals surface area contributed by atoms with Crippen molar-refractivity contribution < 1.29 is 0 Å². The van der Waals surface area contributed by atoms with Crippen LogP contribution in [0.15, 0.2) is 6.07 Å². The molecule has 0 unspecified atom stereocenters. The number of hydrogen-bond acceptors (Lipinski definition) is 1. The molecule has 1 heteroatoms. The highest BCUT2D eigenvalue weighted by Gasteiger charge is 2.06. The Labute approximate surface area is 81.2 Å². The van der Waals surface area contributed by atoms with Crippen LogP contribution in [0.25, 0.3) is 0 Å². The predicted molar refractivity (Wildman–Crippen MR) is 57.2 cm³/mol. The molecule has 0 amide bonds. The van der Waals surface area contributed by atoms with E-state index in [0.29, 0.717) is 5.92 Å². The summed E-state index contributed by atoms with van der Waals surface area (Å²) in [5.41, 5.74) is 5.20. The van der Waals surface area contributed by atoms with Gasteiger partial charge in [-0.2, -0.15) is 0 Å². The summed E-state index contributed by atoms with van der Waals surface area (Å²) in [4.78, 5) is 4.58. The molecule has 1 nitrogen and oxygen atoms in total. The Hall–Kier alpha value is -0.850. The van der Waals surface area contributed by atoms with E-state index >= 15 is 0 Å². The molecule has 0 N–H and O–H groups in total. The molecular weight excluding hydrogens is 158 g/mol. The molecule has 13 heavy (non-hydrogen) atoms. The highest BCUT2D eigenvalue weighted by Crippen LogP contribution is 2.18. The summed E-state index contributed by atoms with van der Waals surface area (Å²) in [6.07, 6.45) is 1.11. The van der Waals surface area contributed by atoms with E-state index in [1.807, 2.05) is 0 Å². The summed E-state index contributed by atoms with van der Waals surface area (Å²) >= 11 is 0. The zero-order valence-electron chi connectivity index (χ0n) is 9.31. The van der Waals surface area contributed by atoms with Gasteiger partial charge in [0.25, 0.3) is 0 Å². The van der Waals surface area contributed by atoms with Crippen molar-refractivity contribution in [1.82, 2.24) is 4.98 Å². The zero-order chi connectivity index (χ0) is 10.0. The van der Waals surface area contributed by atoms with Crippen molar-refractivity contribution in [1.29, 1.82) is 0 Å². The van der Waals surface area contributed by atoms with Crippen molar-refractivity contribution in [3.8, 4) is 0 Å². The van der Waals surface area contributed by atoms with Gasteiger partial charge in [0.05, 0.1) is 0 Å². The van der Waals surface area contributed by atoms with Crippen molar-refractivity contribution in [3.63, 3.8) is 0 Å². The van der Waals surface area contributed by atoms with Crippen LogP contribution in [0.4, 0.5) is 0 Å². The summed E-state index contributed by atoms with van der Waals surface area (Å²) < 4.78 is 0. The average Bonchev–Trinajstić information content (AvgIpc) is 2.09. The van der Waals surface area contributed by atoms with Crippen LogP contribution < -0.4 is 0 Å². The lowest BCUT2D eigenvalue weighted by Gasteiger charge is -2.11. The number of hydrogen-bond donors (Lipinski definition) is 0. The Bertz CT molecular complexity index is 300. The predicted octanol–water partition coefficient (Wildman–Crippen LogP) is 3.38. The minimum Gasteiger partial charge on any atom is -0.258 e. The van der Waals surface area contributed by atoms with E-state index in [1.165, 1.54) is 22.5 Å². The second-order valence-electron chi connectivity index (χ2n) is 3.92. The molecule has 0 aromatic carbocycles. The highest BCUT2D eigenvalue weighted by atomic mass is 14.7. The van der Waals surface area contributed by atoms with Gasteiger partial charge in [-0.3, -0.25) is 4.98 Å². The van der Waals surface area contributed by atoms with Crippen LogP contribution in [-0.2, 0) is 6.42 Å². The van der Waals surface area contributed by atoms with Crippen LogP contribution in [0.3, 0.4) is 0 Å². The fourth-order valence-electron chi connectivity index (χ4n) is 1.49. The summed E-state index contributed by atoms with van der Waals surface area (Å²) in [5.74, 6) is 0.532. The molecule has 0 atom stereocenters. The zero-order valence-corrected chi connectivity index (χ0v) is 9.31. The topological polar surface area (TPSA) is 12.9 Å². The first-order valence-electron chi connectivity index (χ1n) is 5.03. The molecule has 0 bridgehead atoms. The van der Waals surface area contributed by atoms with Crippen LogP contribution in [0.1, 0.15) is 49.2 Å². The van der Waals surface area contributed by atoms with E-state index in [-0.39, 0.29) is 0 Å². The van der Waals surface area contributed by atoms with E-state index in [1.54, 1.807) is 0 Å². The molecule has 0 saturated heterocycles. The maximum atomic E-state index is 4.58. The molecule has 72 valence electrons. The van der Waals surface area contributed by atoms with Gasteiger partial charge in [-0.1, -0.05) is 20.8 Å². The van der Waals surface area contributed by atoms with Crippen LogP contribution in [0.2, 0.25) is 0 Å². The third-order valence-electron chi connectivity index (χ3n) is 2.62. The Morgan fingerprint density at radius 1 is 1.31 bits per heavy atom. The molecule has 1 aromatic rings. The first-order valence-corrected chi connectivity index (χ1v) is 5.03. The Kier molecular flexibility index (Phi) is 3.07. The number of aromatic nitrogens is 1. The SMILES string of the molecule is CCc1cc(C(C)C)nc(C)c1C. The second kappa shape index (κ2) is 3.91. The lowest BCUT2D eigenvalue weighted by molar-refractivity contribution is 0.805. The van der Waals surface area contributed by atoms with Crippen molar-refractivity contribution >= 4 is 0 Å². The van der Waals surface area contributed by atoms with Gasteiger partial charge in [0.15, 0.2) is 0 Å². The van der Waals surface area contributed by atoms with E-state index in [0.717, 1.165) is 6.42 Å². The molecule has 0 aliphatic rings. The minimum absolute atomic E-state index is 0.532. The third kappa shape index (κ3) is 2.09. The first-order chi connectivity index (χ1) is 6.06. The molecule has 0 fully saturated rings. The van der Waals surface area contributed by atoms with Crippen molar-refractivity contribution in [2.75, 3.05) is 0 Å². The normalized spacial score (nSPS) is 10.9. The molecule has 0 radical (unpaired) electrons. The van der Waals surface area contributed by atoms with Crippen LogP contribution in [0, 0.1) is 13.8 Å². The fourth-order valence-corrected chi connectivity index (χ4v) is 1.49. The summed E-state index contributed by atoms with van der Waals surface area (Å²) in [6.45, 7) is 10.8. The van der Waals surface area contributed by atoms with Crippen molar-refractivity contribution in [2.24, 2.45) is 0 Å². The van der Waals surface area contributed by atoms with Gasteiger partial charge in [-0.15, -0.1) is 0 Å². The molecule has 0 spiro atoms. The van der Waals surface area contributed by atoms with E-state index < -0.39 is 0 Å². The third-order valence-corrected chi connectivity index (χ3v) is 2.62. The number of rotatable bonds is 2. The van der Waals surface area contributed by atoms with Crippen LogP contribution in [-0.4, -0.2) is 4.98 Å². The van der Waals surface area contributed by atoms with Gasteiger partial charge in [-0.25, -0.2) is 0 Å². The van der Waals surface area contributed by atoms with Crippen LogP contribution in [0.5, 0.6) is 0 Å². The maximum Gasteiger partial charge on any atom is 0.0435 e. The summed E-state index contributed by atoms with van der Waals surface area (Å²) in [5, 5.41) is 0. The molecule has 1 rings (SSSR count). The van der Waals surface area contributed by atoms with Gasteiger partial charge < -0.3 is 0 Å². The molecule has 0 aliphatic carbocycles. The van der Waals surface area contributed by atoms with E-state index in [4.69, 9.17) is 0 Å². The van der Waals surface area contributed by atoms with Gasteiger partial charge >= 0.3 is 0 Å². The van der Waals surface area contributed by atoms with Gasteiger partial charge in [0.2, 0.25) is 0 Å². The fraction of sp³-hybridized carbons (Fsp3) is 0.583. The summed E-state index contributed by atoms with van der Waals surface area (Å²) in [6, 6.07) is 2.24. The largest absolute Gasteiger partial charge is 0.258 e. The number of pyridine rings is 1. The highest BCUT2D eigenvalue weighted by molar-refractivity contribution is 5.31. The van der Waals surface area contributed by atoms with E-state index in [9.17, 15) is 0 Å². The first kappa shape index (κ1) is 10.2. The van der Waals surface area contributed by atoms with Crippen LogP contribution >= 0.6 is 0 Å². The standard InChI is InChI=1S/C12H19N/c1-6-11-7-12(8(2)3)13-10(5)9(11)4/h7-8H,6H2,1-5H3. The number of nitrogens with zero attached hydrogens (tertiary/aromatic N) is 1. The lowest BCUT2D eigenvalue weighted by atomic mass is 10.0.